The summed E-state index contributed by atoms with van der Waals surface area (Å²) in [4.78, 5) is 43.1. The molecular formula is C25H22N4O3. The maximum Gasteiger partial charge on any atom is 0.261 e. The second kappa shape index (κ2) is 8.85. The fraction of sp³-hybridized carbons (Fsp3) is 0.120. The molecule has 4 rings (SSSR count). The van der Waals surface area contributed by atoms with E-state index in [0.717, 1.165) is 5.56 Å². The third kappa shape index (κ3) is 4.57. The highest BCUT2D eigenvalue weighted by atomic mass is 16.2. The van der Waals surface area contributed by atoms with E-state index in [2.05, 4.69) is 15.6 Å². The Morgan fingerprint density at radius 3 is 2.41 bits per heavy atom. The van der Waals surface area contributed by atoms with E-state index < -0.39 is 11.3 Å². The van der Waals surface area contributed by atoms with Crippen LogP contribution in [0.25, 0.3) is 11.0 Å². The zero-order chi connectivity index (χ0) is 22.7. The van der Waals surface area contributed by atoms with E-state index >= 15 is 0 Å². The first-order valence-corrected chi connectivity index (χ1v) is 10.1. The molecule has 2 aromatic carbocycles. The summed E-state index contributed by atoms with van der Waals surface area (Å²) in [5.41, 5.74) is 2.83. The van der Waals surface area contributed by atoms with Crippen LogP contribution in [0.5, 0.6) is 0 Å². The minimum Gasteiger partial charge on any atom is -0.325 e. The molecule has 0 radical (unpaired) electrons. The first-order chi connectivity index (χ1) is 15.4. The third-order valence-corrected chi connectivity index (χ3v) is 4.95. The molecule has 4 aromatic rings. The Balaban J connectivity index is 1.71. The van der Waals surface area contributed by atoms with Gasteiger partial charge in [0.15, 0.2) is 0 Å². The number of nitrogens with one attached hydrogen (secondary N) is 2. The molecular weight excluding hydrogens is 404 g/mol. The molecule has 2 N–H and O–H groups in total. The van der Waals surface area contributed by atoms with Gasteiger partial charge in [0.05, 0.1) is 5.39 Å². The van der Waals surface area contributed by atoms with Crippen molar-refractivity contribution in [2.45, 2.75) is 20.4 Å². The molecule has 7 heteroatoms. The number of pyridine rings is 2. The van der Waals surface area contributed by atoms with Gasteiger partial charge in [-0.2, -0.15) is 0 Å². The first-order valence-electron chi connectivity index (χ1n) is 10.1. The lowest BCUT2D eigenvalue weighted by atomic mass is 10.1. The van der Waals surface area contributed by atoms with Crippen LogP contribution in [0.2, 0.25) is 0 Å². The number of carbonyl (C=O) groups is 2. The number of rotatable bonds is 5. The van der Waals surface area contributed by atoms with Gasteiger partial charge in [-0.1, -0.05) is 30.3 Å². The number of fused-ring (bicyclic) bond motifs is 1. The summed E-state index contributed by atoms with van der Waals surface area (Å²) in [6, 6.07) is 19.7. The van der Waals surface area contributed by atoms with Gasteiger partial charge in [0.25, 0.3) is 5.91 Å². The van der Waals surface area contributed by atoms with Crippen LogP contribution in [0.3, 0.4) is 0 Å². The molecule has 0 saturated heterocycles. The van der Waals surface area contributed by atoms with Crippen LogP contribution in [-0.2, 0) is 11.3 Å². The number of benzene rings is 2. The molecule has 0 aliphatic heterocycles. The number of para-hydroxylation sites is 1. The van der Waals surface area contributed by atoms with Crippen LogP contribution in [0, 0.1) is 13.8 Å². The van der Waals surface area contributed by atoms with Gasteiger partial charge in [-0.25, -0.2) is 4.98 Å². The smallest absolute Gasteiger partial charge is 0.261 e. The summed E-state index contributed by atoms with van der Waals surface area (Å²) in [7, 11) is 0. The SMILES string of the molecule is Cc1cccc(NC(=O)Cn2cc(C(=O)Nc3ccccc3)c(=O)c3ccc(C)nc32)c1. The van der Waals surface area contributed by atoms with Gasteiger partial charge in [0.1, 0.15) is 17.8 Å². The number of anilines is 2. The van der Waals surface area contributed by atoms with Crippen LogP contribution in [0.1, 0.15) is 21.6 Å². The van der Waals surface area contributed by atoms with E-state index in [1.54, 1.807) is 49.4 Å². The van der Waals surface area contributed by atoms with Crippen molar-refractivity contribution < 1.29 is 9.59 Å². The van der Waals surface area contributed by atoms with Crippen LogP contribution in [0.4, 0.5) is 11.4 Å². The maximum absolute atomic E-state index is 13.0. The Morgan fingerprint density at radius 1 is 0.906 bits per heavy atom. The fourth-order valence-corrected chi connectivity index (χ4v) is 3.44. The highest BCUT2D eigenvalue weighted by molar-refractivity contribution is 6.05. The average molecular weight is 426 g/mol. The molecule has 0 unspecified atom stereocenters. The second-order valence-corrected chi connectivity index (χ2v) is 7.56. The van der Waals surface area contributed by atoms with Gasteiger partial charge in [-0.15, -0.1) is 0 Å². The first kappa shape index (κ1) is 21.0. The van der Waals surface area contributed by atoms with Gasteiger partial charge in [0, 0.05) is 23.3 Å². The number of amides is 2. The number of hydrogen-bond acceptors (Lipinski definition) is 4. The summed E-state index contributed by atoms with van der Waals surface area (Å²) in [5, 5.41) is 5.85. The van der Waals surface area contributed by atoms with Crippen molar-refractivity contribution in [3.05, 3.63) is 100.0 Å². The van der Waals surface area contributed by atoms with E-state index in [4.69, 9.17) is 0 Å². The largest absolute Gasteiger partial charge is 0.325 e. The van der Waals surface area contributed by atoms with Gasteiger partial charge in [-0.3, -0.25) is 14.4 Å². The Labute approximate surface area is 184 Å². The van der Waals surface area contributed by atoms with Gasteiger partial charge in [0.2, 0.25) is 11.3 Å². The quantitative estimate of drug-likeness (QED) is 0.506. The lowest BCUT2D eigenvalue weighted by Crippen LogP contribution is -2.27. The summed E-state index contributed by atoms with van der Waals surface area (Å²) >= 11 is 0. The number of hydrogen-bond donors (Lipinski definition) is 2. The van der Waals surface area contributed by atoms with Gasteiger partial charge < -0.3 is 15.2 Å². The Hall–Kier alpha value is -4.26. The van der Waals surface area contributed by atoms with Crippen LogP contribution in [-0.4, -0.2) is 21.4 Å². The van der Waals surface area contributed by atoms with Crippen molar-refractivity contribution in [1.82, 2.24) is 9.55 Å². The number of aryl methyl sites for hydroxylation is 2. The predicted molar refractivity (Wildman–Crippen MR) is 125 cm³/mol. The summed E-state index contributed by atoms with van der Waals surface area (Å²) in [5.74, 6) is -0.838. The van der Waals surface area contributed by atoms with Crippen molar-refractivity contribution in [3.8, 4) is 0 Å². The molecule has 0 atom stereocenters. The molecule has 0 aliphatic carbocycles. The lowest BCUT2D eigenvalue weighted by Gasteiger charge is -2.14. The zero-order valence-electron chi connectivity index (χ0n) is 17.8. The third-order valence-electron chi connectivity index (χ3n) is 4.95. The summed E-state index contributed by atoms with van der Waals surface area (Å²) < 4.78 is 1.54. The Morgan fingerprint density at radius 2 is 1.66 bits per heavy atom. The van der Waals surface area contributed by atoms with E-state index in [9.17, 15) is 14.4 Å². The fourth-order valence-electron chi connectivity index (χ4n) is 3.44. The zero-order valence-corrected chi connectivity index (χ0v) is 17.8. The molecule has 7 nitrogen and oxygen atoms in total. The number of aromatic nitrogens is 2. The molecule has 0 saturated carbocycles. The normalized spacial score (nSPS) is 10.7. The summed E-state index contributed by atoms with van der Waals surface area (Å²) in [6.45, 7) is 3.64. The number of carbonyl (C=O) groups excluding carboxylic acids is 2. The van der Waals surface area contributed by atoms with Gasteiger partial charge in [-0.05, 0) is 55.8 Å². The van der Waals surface area contributed by atoms with E-state index in [-0.39, 0.29) is 23.4 Å². The predicted octanol–water partition coefficient (Wildman–Crippen LogP) is 3.90. The average Bonchev–Trinajstić information content (AvgIpc) is 2.76. The molecule has 32 heavy (non-hydrogen) atoms. The molecule has 160 valence electrons. The molecule has 2 heterocycles. The number of nitrogens with zero attached hydrogens (tertiary/aromatic N) is 2. The topological polar surface area (TPSA) is 93.1 Å². The second-order valence-electron chi connectivity index (χ2n) is 7.56. The van der Waals surface area contributed by atoms with Crippen LogP contribution >= 0.6 is 0 Å². The van der Waals surface area contributed by atoms with Gasteiger partial charge >= 0.3 is 0 Å². The highest BCUT2D eigenvalue weighted by Crippen LogP contribution is 2.14. The van der Waals surface area contributed by atoms with Crippen molar-refractivity contribution in [3.63, 3.8) is 0 Å². The standard InChI is InChI=1S/C25H22N4O3/c1-16-7-6-10-19(13-16)27-22(30)15-29-14-21(25(32)28-18-8-4-3-5-9-18)23(31)20-12-11-17(2)26-24(20)29/h3-14H,15H2,1-2H3,(H,27,30)(H,28,32). The van der Waals surface area contributed by atoms with E-state index in [1.807, 2.05) is 31.2 Å². The Bertz CT molecular complexity index is 1380. The molecule has 0 fully saturated rings. The minimum atomic E-state index is -0.545. The van der Waals surface area contributed by atoms with Crippen LogP contribution in [0.15, 0.2) is 77.7 Å². The molecule has 2 amide bonds. The monoisotopic (exact) mass is 426 g/mol. The molecule has 0 aliphatic rings. The van der Waals surface area contributed by atoms with Crippen LogP contribution < -0.4 is 16.1 Å². The lowest BCUT2D eigenvalue weighted by molar-refractivity contribution is -0.116. The van der Waals surface area contributed by atoms with E-state index in [1.165, 1.54) is 10.8 Å². The molecule has 0 spiro atoms. The van der Waals surface area contributed by atoms with Crippen molar-refractivity contribution in [1.29, 1.82) is 0 Å². The minimum absolute atomic E-state index is 0.0599. The maximum atomic E-state index is 13.0. The van der Waals surface area contributed by atoms with Crippen molar-refractivity contribution >= 4 is 34.2 Å². The Kier molecular flexibility index (Phi) is 5.81. The molecule has 0 bridgehead atoms. The molecule has 2 aromatic heterocycles. The van der Waals surface area contributed by atoms with Crippen molar-refractivity contribution in [2.75, 3.05) is 10.6 Å². The van der Waals surface area contributed by atoms with Crippen molar-refractivity contribution in [2.24, 2.45) is 0 Å². The van der Waals surface area contributed by atoms with E-state index in [0.29, 0.717) is 22.7 Å². The summed E-state index contributed by atoms with van der Waals surface area (Å²) in [6.07, 6.45) is 1.39. The highest BCUT2D eigenvalue weighted by Gasteiger charge is 2.18.